The van der Waals surface area contributed by atoms with Crippen LogP contribution >= 0.6 is 0 Å². The van der Waals surface area contributed by atoms with Crippen LogP contribution < -0.4 is 16.0 Å². The van der Waals surface area contributed by atoms with Gasteiger partial charge in [0.25, 0.3) is 0 Å². The molecule has 5 heteroatoms. The van der Waals surface area contributed by atoms with Crippen molar-refractivity contribution in [3.63, 3.8) is 0 Å². The van der Waals surface area contributed by atoms with Gasteiger partial charge in [0.2, 0.25) is 11.8 Å². The van der Waals surface area contributed by atoms with Crippen molar-refractivity contribution in [3.05, 3.63) is 42.1 Å². The van der Waals surface area contributed by atoms with Crippen LogP contribution in [0.3, 0.4) is 0 Å². The molecule has 1 aromatic carbocycles. The lowest BCUT2D eigenvalue weighted by Crippen LogP contribution is -2.14. The molecule has 0 fully saturated rings. The van der Waals surface area contributed by atoms with Gasteiger partial charge in [0.05, 0.1) is 0 Å². The number of aromatic nitrogens is 2. The number of hydrogen-bond acceptors (Lipinski definition) is 5. The summed E-state index contributed by atoms with van der Waals surface area (Å²) in [7, 11) is 0. The zero-order chi connectivity index (χ0) is 14.6. The Balaban J connectivity index is 2.14. The summed E-state index contributed by atoms with van der Waals surface area (Å²) in [6.45, 7) is 6.64. The molecule has 0 spiro atoms. The van der Waals surface area contributed by atoms with Crippen LogP contribution in [0.25, 0.3) is 0 Å². The van der Waals surface area contributed by atoms with Gasteiger partial charge in [-0.25, -0.2) is 10.8 Å². The molecular weight excluding hydrogens is 252 g/mol. The van der Waals surface area contributed by atoms with Crippen LogP contribution in [0.1, 0.15) is 32.8 Å². The second-order valence-electron chi connectivity index (χ2n) is 5.23. The maximum Gasteiger partial charge on any atom is 0.240 e. The summed E-state index contributed by atoms with van der Waals surface area (Å²) in [6, 6.07) is 9.75. The Morgan fingerprint density at radius 3 is 2.50 bits per heavy atom. The predicted molar refractivity (Wildman–Crippen MR) is 79.7 cm³/mol. The van der Waals surface area contributed by atoms with Crippen LogP contribution in [0.2, 0.25) is 0 Å². The molecule has 2 rings (SSSR count). The summed E-state index contributed by atoms with van der Waals surface area (Å²) < 4.78 is 5.68. The first kappa shape index (κ1) is 14.3. The lowest BCUT2D eigenvalue weighted by molar-refractivity contribution is 0.460. The molecule has 20 heavy (non-hydrogen) atoms. The number of nitrogens with zero attached hydrogens (tertiary/aromatic N) is 2. The van der Waals surface area contributed by atoms with E-state index in [1.165, 1.54) is 5.56 Å². The number of nitrogens with one attached hydrogen (secondary N) is 1. The molecule has 0 saturated carbocycles. The van der Waals surface area contributed by atoms with Gasteiger partial charge in [0, 0.05) is 12.3 Å². The SMILES string of the molecule is CCC(C)(C)c1ccc(Oc2ccnc(NN)n2)cc1. The van der Waals surface area contributed by atoms with E-state index in [1.54, 1.807) is 12.3 Å². The van der Waals surface area contributed by atoms with E-state index in [4.69, 9.17) is 10.6 Å². The number of ether oxygens (including phenoxy) is 1. The fourth-order valence-corrected chi connectivity index (χ4v) is 1.77. The molecule has 0 radical (unpaired) electrons. The number of hydrogen-bond donors (Lipinski definition) is 2. The molecule has 5 nitrogen and oxygen atoms in total. The van der Waals surface area contributed by atoms with Crippen molar-refractivity contribution in [1.82, 2.24) is 9.97 Å². The topological polar surface area (TPSA) is 73.1 Å². The molecule has 0 aliphatic heterocycles. The Labute approximate surface area is 119 Å². The zero-order valence-electron chi connectivity index (χ0n) is 12.1. The molecule has 0 aliphatic rings. The third-order valence-electron chi connectivity index (χ3n) is 3.50. The zero-order valence-corrected chi connectivity index (χ0v) is 12.1. The fraction of sp³-hybridized carbons (Fsp3) is 0.333. The second kappa shape index (κ2) is 5.88. The molecule has 2 aromatic rings. The third-order valence-corrected chi connectivity index (χ3v) is 3.50. The van der Waals surface area contributed by atoms with E-state index in [0.717, 1.165) is 12.2 Å². The van der Waals surface area contributed by atoms with E-state index >= 15 is 0 Å². The minimum Gasteiger partial charge on any atom is -0.439 e. The van der Waals surface area contributed by atoms with Gasteiger partial charge >= 0.3 is 0 Å². The van der Waals surface area contributed by atoms with E-state index in [0.29, 0.717) is 11.8 Å². The fourth-order valence-electron chi connectivity index (χ4n) is 1.77. The van der Waals surface area contributed by atoms with Gasteiger partial charge in [0.1, 0.15) is 5.75 Å². The minimum atomic E-state index is 0.171. The molecule has 0 saturated heterocycles. The van der Waals surface area contributed by atoms with E-state index < -0.39 is 0 Å². The molecule has 1 aromatic heterocycles. The highest BCUT2D eigenvalue weighted by Crippen LogP contribution is 2.29. The Bertz CT molecular complexity index is 566. The van der Waals surface area contributed by atoms with E-state index in [2.05, 4.69) is 48.3 Å². The molecule has 0 amide bonds. The molecule has 1 heterocycles. The summed E-state index contributed by atoms with van der Waals surface area (Å²) in [6.07, 6.45) is 2.68. The Morgan fingerprint density at radius 1 is 1.20 bits per heavy atom. The van der Waals surface area contributed by atoms with Gasteiger partial charge < -0.3 is 4.74 Å². The van der Waals surface area contributed by atoms with Crippen LogP contribution in [-0.2, 0) is 5.41 Å². The van der Waals surface area contributed by atoms with Crippen molar-refractivity contribution in [3.8, 4) is 11.6 Å². The van der Waals surface area contributed by atoms with Crippen molar-refractivity contribution in [2.75, 3.05) is 5.43 Å². The number of rotatable bonds is 5. The molecule has 0 bridgehead atoms. The highest BCUT2D eigenvalue weighted by Gasteiger charge is 2.17. The quantitative estimate of drug-likeness (QED) is 0.645. The van der Waals surface area contributed by atoms with Crippen molar-refractivity contribution in [1.29, 1.82) is 0 Å². The average molecular weight is 272 g/mol. The molecule has 3 N–H and O–H groups in total. The summed E-state index contributed by atoms with van der Waals surface area (Å²) >= 11 is 0. The van der Waals surface area contributed by atoms with E-state index in [-0.39, 0.29) is 5.41 Å². The Hall–Kier alpha value is -2.14. The lowest BCUT2D eigenvalue weighted by atomic mass is 9.82. The number of nitrogen functional groups attached to an aromatic ring is 1. The molecule has 0 aliphatic carbocycles. The van der Waals surface area contributed by atoms with Gasteiger partial charge in [-0.1, -0.05) is 32.9 Å². The van der Waals surface area contributed by atoms with Crippen molar-refractivity contribution in [2.24, 2.45) is 5.84 Å². The molecule has 106 valence electrons. The maximum absolute atomic E-state index is 5.68. The summed E-state index contributed by atoms with van der Waals surface area (Å²) in [5, 5.41) is 0. The first-order chi connectivity index (χ1) is 9.55. The minimum absolute atomic E-state index is 0.171. The van der Waals surface area contributed by atoms with Gasteiger partial charge in [0.15, 0.2) is 0 Å². The molecular formula is C15H20N4O. The van der Waals surface area contributed by atoms with Crippen LogP contribution in [-0.4, -0.2) is 9.97 Å². The maximum atomic E-state index is 5.68. The highest BCUT2D eigenvalue weighted by molar-refractivity contribution is 5.34. The van der Waals surface area contributed by atoms with Gasteiger partial charge in [-0.2, -0.15) is 4.98 Å². The first-order valence-electron chi connectivity index (χ1n) is 6.63. The van der Waals surface area contributed by atoms with Crippen molar-refractivity contribution >= 4 is 5.95 Å². The van der Waals surface area contributed by atoms with Crippen molar-refractivity contribution < 1.29 is 4.74 Å². The highest BCUT2D eigenvalue weighted by atomic mass is 16.5. The number of hydrazine groups is 1. The van der Waals surface area contributed by atoms with Crippen LogP contribution in [0.4, 0.5) is 5.95 Å². The third kappa shape index (κ3) is 3.24. The number of benzene rings is 1. The lowest BCUT2D eigenvalue weighted by Gasteiger charge is -2.23. The standard InChI is InChI=1S/C15H20N4O/c1-4-15(2,3)11-5-7-12(8-6-11)20-13-9-10-17-14(18-13)19-16/h5-10H,4,16H2,1-3H3,(H,17,18,19). The van der Waals surface area contributed by atoms with Crippen LogP contribution in [0.5, 0.6) is 11.6 Å². The summed E-state index contributed by atoms with van der Waals surface area (Å²) in [5.41, 5.74) is 3.85. The van der Waals surface area contributed by atoms with Crippen LogP contribution in [0.15, 0.2) is 36.5 Å². The number of anilines is 1. The summed E-state index contributed by atoms with van der Waals surface area (Å²) in [4.78, 5) is 8.03. The van der Waals surface area contributed by atoms with E-state index in [1.807, 2.05) is 12.1 Å². The van der Waals surface area contributed by atoms with Crippen molar-refractivity contribution in [2.45, 2.75) is 32.6 Å². The van der Waals surface area contributed by atoms with Crippen LogP contribution in [0, 0.1) is 0 Å². The first-order valence-corrected chi connectivity index (χ1v) is 6.63. The predicted octanol–water partition coefficient (Wildman–Crippen LogP) is 3.24. The second-order valence-corrected chi connectivity index (χ2v) is 5.23. The summed E-state index contributed by atoms with van der Waals surface area (Å²) in [5.74, 6) is 6.78. The van der Waals surface area contributed by atoms with E-state index in [9.17, 15) is 0 Å². The number of nitrogens with two attached hydrogens (primary N) is 1. The largest absolute Gasteiger partial charge is 0.439 e. The van der Waals surface area contributed by atoms with Gasteiger partial charge in [-0.05, 0) is 29.5 Å². The Kier molecular flexibility index (Phi) is 4.20. The van der Waals surface area contributed by atoms with Gasteiger partial charge in [-0.3, -0.25) is 5.43 Å². The monoisotopic (exact) mass is 272 g/mol. The normalized spacial score (nSPS) is 11.2. The molecule has 0 atom stereocenters. The smallest absolute Gasteiger partial charge is 0.240 e. The molecule has 0 unspecified atom stereocenters. The Morgan fingerprint density at radius 2 is 1.90 bits per heavy atom. The van der Waals surface area contributed by atoms with Gasteiger partial charge in [-0.15, -0.1) is 0 Å². The average Bonchev–Trinajstić information content (AvgIpc) is 2.48.